The molecule has 0 saturated heterocycles. The van der Waals surface area contributed by atoms with E-state index in [0.29, 0.717) is 0 Å². The summed E-state index contributed by atoms with van der Waals surface area (Å²) in [5.74, 6) is 0. The Morgan fingerprint density at radius 2 is 0.891 bits per heavy atom. The molecule has 2 heterocycles. The number of rotatable bonds is 6. The molecular weight excluding hydrogens is 671 g/mol. The number of hydrogen-bond acceptors (Lipinski definition) is 3. The van der Waals surface area contributed by atoms with Crippen molar-refractivity contribution in [2.45, 2.75) is 0 Å². The van der Waals surface area contributed by atoms with Gasteiger partial charge in [-0.05, 0) is 87.1 Å². The highest BCUT2D eigenvalue weighted by molar-refractivity contribution is 6.16. The third-order valence-corrected chi connectivity index (χ3v) is 10.8. The number of fused-ring (bicyclic) bond motifs is 7. The number of benzene rings is 9. The normalized spacial score (nSPS) is 11.6. The molecule has 0 aliphatic carbocycles. The summed E-state index contributed by atoms with van der Waals surface area (Å²) < 4.78 is 13.8. The van der Waals surface area contributed by atoms with E-state index in [2.05, 4.69) is 193 Å². The van der Waals surface area contributed by atoms with E-state index in [1.807, 2.05) is 12.1 Å². The first kappa shape index (κ1) is 31.2. The first-order valence-corrected chi connectivity index (χ1v) is 18.7. The van der Waals surface area contributed by atoms with Gasteiger partial charge in [0.15, 0.2) is 11.2 Å². The molecule has 0 atom stereocenters. The van der Waals surface area contributed by atoms with Gasteiger partial charge in [-0.3, -0.25) is 0 Å². The van der Waals surface area contributed by atoms with Gasteiger partial charge in [-0.1, -0.05) is 152 Å². The second kappa shape index (κ2) is 12.6. The number of hydrogen-bond donors (Lipinski definition) is 0. The number of nitrogens with zero attached hydrogens (tertiary/aromatic N) is 1. The summed E-state index contributed by atoms with van der Waals surface area (Å²) in [4.78, 5) is 2.29. The molecule has 2 aromatic heterocycles. The Hall–Kier alpha value is -7.36. The quantitative estimate of drug-likeness (QED) is 0.173. The first-order valence-electron chi connectivity index (χ1n) is 18.7. The molecule has 0 aliphatic rings. The largest absolute Gasteiger partial charge is 0.454 e. The van der Waals surface area contributed by atoms with Crippen LogP contribution in [0.25, 0.3) is 88.0 Å². The van der Waals surface area contributed by atoms with E-state index < -0.39 is 0 Å². The van der Waals surface area contributed by atoms with Crippen LogP contribution in [0, 0.1) is 0 Å². The first-order chi connectivity index (χ1) is 27.3. The van der Waals surface area contributed by atoms with Gasteiger partial charge < -0.3 is 13.7 Å². The van der Waals surface area contributed by atoms with E-state index in [1.54, 1.807) is 0 Å². The predicted molar refractivity (Wildman–Crippen MR) is 229 cm³/mol. The lowest BCUT2D eigenvalue weighted by molar-refractivity contribution is 0.666. The van der Waals surface area contributed by atoms with Gasteiger partial charge >= 0.3 is 0 Å². The zero-order valence-electron chi connectivity index (χ0n) is 29.8. The van der Waals surface area contributed by atoms with Crippen molar-refractivity contribution < 1.29 is 8.83 Å². The van der Waals surface area contributed by atoms with Crippen molar-refractivity contribution in [1.82, 2.24) is 0 Å². The number of furan rings is 2. The minimum Gasteiger partial charge on any atom is -0.454 e. The van der Waals surface area contributed by atoms with Gasteiger partial charge in [-0.2, -0.15) is 0 Å². The van der Waals surface area contributed by atoms with Crippen molar-refractivity contribution in [2.75, 3.05) is 4.90 Å². The number of anilines is 3. The van der Waals surface area contributed by atoms with E-state index in [1.165, 1.54) is 16.3 Å². The number of para-hydroxylation sites is 3. The molecule has 55 heavy (non-hydrogen) atoms. The average Bonchev–Trinajstić information content (AvgIpc) is 3.84. The molecule has 0 fully saturated rings. The second-order valence-corrected chi connectivity index (χ2v) is 14.1. The summed E-state index contributed by atoms with van der Waals surface area (Å²) in [7, 11) is 0. The molecule has 9 aromatic carbocycles. The highest BCUT2D eigenvalue weighted by atomic mass is 16.3. The third-order valence-electron chi connectivity index (χ3n) is 10.8. The average molecular weight is 704 g/mol. The molecule has 0 radical (unpaired) electrons. The Morgan fingerprint density at radius 1 is 0.309 bits per heavy atom. The van der Waals surface area contributed by atoms with Crippen LogP contribution in [0.2, 0.25) is 0 Å². The highest BCUT2D eigenvalue weighted by Crippen LogP contribution is 2.48. The molecule has 11 aromatic rings. The van der Waals surface area contributed by atoms with Crippen molar-refractivity contribution in [3.8, 4) is 33.4 Å². The van der Waals surface area contributed by atoms with Crippen LogP contribution >= 0.6 is 0 Å². The molecule has 258 valence electrons. The van der Waals surface area contributed by atoms with E-state index in [-0.39, 0.29) is 0 Å². The maximum atomic E-state index is 7.12. The summed E-state index contributed by atoms with van der Waals surface area (Å²) >= 11 is 0. The molecule has 0 spiro atoms. The zero-order chi connectivity index (χ0) is 36.3. The predicted octanol–water partition coefficient (Wildman–Crippen LogP) is 15.1. The van der Waals surface area contributed by atoms with E-state index in [9.17, 15) is 0 Å². The van der Waals surface area contributed by atoms with E-state index >= 15 is 0 Å². The van der Waals surface area contributed by atoms with Crippen LogP contribution in [-0.4, -0.2) is 0 Å². The van der Waals surface area contributed by atoms with Crippen molar-refractivity contribution in [1.29, 1.82) is 0 Å². The van der Waals surface area contributed by atoms with Gasteiger partial charge in [0.05, 0.1) is 11.4 Å². The molecule has 3 nitrogen and oxygen atoms in total. The van der Waals surface area contributed by atoms with Crippen LogP contribution in [-0.2, 0) is 0 Å². The van der Waals surface area contributed by atoms with Crippen molar-refractivity contribution in [2.24, 2.45) is 0 Å². The lowest BCUT2D eigenvalue weighted by Crippen LogP contribution is -2.10. The van der Waals surface area contributed by atoms with Crippen molar-refractivity contribution in [3.05, 3.63) is 200 Å². The molecule has 0 bridgehead atoms. The van der Waals surface area contributed by atoms with Gasteiger partial charge in [0.25, 0.3) is 0 Å². The van der Waals surface area contributed by atoms with Crippen LogP contribution in [0.1, 0.15) is 0 Å². The lowest BCUT2D eigenvalue weighted by Gasteiger charge is -2.25. The Labute approximate surface area is 317 Å². The van der Waals surface area contributed by atoms with Gasteiger partial charge in [0.2, 0.25) is 0 Å². The van der Waals surface area contributed by atoms with Crippen molar-refractivity contribution in [3.63, 3.8) is 0 Å². The van der Waals surface area contributed by atoms with Gasteiger partial charge in [-0.15, -0.1) is 0 Å². The summed E-state index contributed by atoms with van der Waals surface area (Å²) in [6, 6.07) is 70.8. The molecule has 11 rings (SSSR count). The van der Waals surface area contributed by atoms with E-state index in [4.69, 9.17) is 8.83 Å². The van der Waals surface area contributed by atoms with Crippen LogP contribution in [0.4, 0.5) is 17.1 Å². The fourth-order valence-corrected chi connectivity index (χ4v) is 8.18. The van der Waals surface area contributed by atoms with Crippen LogP contribution in [0.15, 0.2) is 209 Å². The Morgan fingerprint density at radius 3 is 1.65 bits per heavy atom. The molecule has 0 aliphatic heterocycles. The van der Waals surface area contributed by atoms with Gasteiger partial charge in [-0.25, -0.2) is 0 Å². The fourth-order valence-electron chi connectivity index (χ4n) is 8.18. The molecule has 0 N–H and O–H groups in total. The standard InChI is InChI=1S/C52H33NO2/c1-3-13-34(14-4-1)40-32-45(37-16-5-2-6-17-37)50-46(33-40)44-21-12-23-48(52(44)55-50)53(47-22-11-20-43-42-19-9-10-24-49(42)54-51(43)47)41-29-27-36(28-30-41)39-26-25-35-15-7-8-18-38(35)31-39/h1-33H. The Balaban J connectivity index is 1.16. The van der Waals surface area contributed by atoms with Crippen LogP contribution in [0.5, 0.6) is 0 Å². The van der Waals surface area contributed by atoms with Gasteiger partial charge in [0.1, 0.15) is 11.2 Å². The van der Waals surface area contributed by atoms with E-state index in [0.717, 1.165) is 88.8 Å². The summed E-state index contributed by atoms with van der Waals surface area (Å²) in [5.41, 5.74) is 13.0. The second-order valence-electron chi connectivity index (χ2n) is 14.1. The summed E-state index contributed by atoms with van der Waals surface area (Å²) in [6.45, 7) is 0. The summed E-state index contributed by atoms with van der Waals surface area (Å²) in [5, 5.41) is 6.75. The molecule has 0 amide bonds. The lowest BCUT2D eigenvalue weighted by atomic mass is 9.96. The van der Waals surface area contributed by atoms with Gasteiger partial charge in [0, 0.05) is 32.8 Å². The van der Waals surface area contributed by atoms with Crippen molar-refractivity contribution >= 4 is 71.7 Å². The molecule has 0 saturated carbocycles. The minimum absolute atomic E-state index is 0.812. The summed E-state index contributed by atoms with van der Waals surface area (Å²) in [6.07, 6.45) is 0. The Kier molecular flexibility index (Phi) is 7.17. The SMILES string of the molecule is c1ccc(-c2cc(-c3ccccc3)c3oc4c(N(c5ccc(-c6ccc7ccccc7c6)cc5)c5cccc6c5oc5ccccc56)cccc4c3c2)cc1. The van der Waals surface area contributed by atoms with Crippen LogP contribution < -0.4 is 4.90 Å². The maximum Gasteiger partial charge on any atom is 0.159 e. The smallest absolute Gasteiger partial charge is 0.159 e. The monoisotopic (exact) mass is 703 g/mol. The Bertz CT molecular complexity index is 3190. The van der Waals surface area contributed by atoms with Crippen LogP contribution in [0.3, 0.4) is 0 Å². The fraction of sp³-hybridized carbons (Fsp3) is 0. The topological polar surface area (TPSA) is 29.5 Å². The molecular formula is C52H33NO2. The zero-order valence-corrected chi connectivity index (χ0v) is 29.8. The molecule has 0 unspecified atom stereocenters. The molecule has 3 heteroatoms. The highest BCUT2D eigenvalue weighted by Gasteiger charge is 2.24. The third kappa shape index (κ3) is 5.20. The maximum absolute atomic E-state index is 7.12. The minimum atomic E-state index is 0.812.